The quantitative estimate of drug-likeness (QED) is 0.848. The fourth-order valence-corrected chi connectivity index (χ4v) is 5.86. The van der Waals surface area contributed by atoms with Crippen LogP contribution in [0.5, 0.6) is 0 Å². The van der Waals surface area contributed by atoms with E-state index in [9.17, 15) is 0 Å². The fraction of sp³-hybridized carbons (Fsp3) is 0.867. The maximum atomic E-state index is 5.06. The molecule has 20 heavy (non-hydrogen) atoms. The lowest BCUT2D eigenvalue weighted by atomic mass is 9.49. The van der Waals surface area contributed by atoms with Crippen LogP contribution in [0.2, 0.25) is 0 Å². The summed E-state index contributed by atoms with van der Waals surface area (Å²) >= 11 is 1.52. The summed E-state index contributed by atoms with van der Waals surface area (Å²) in [7, 11) is 1.72. The third-order valence-electron chi connectivity index (χ3n) is 5.52. The first-order chi connectivity index (χ1) is 9.77. The summed E-state index contributed by atoms with van der Waals surface area (Å²) in [5.74, 6) is 4.00. The molecule has 5 rings (SSSR count). The summed E-state index contributed by atoms with van der Waals surface area (Å²) in [6.07, 6.45) is 8.45. The molecule has 4 aliphatic rings. The van der Waals surface area contributed by atoms with Crippen LogP contribution in [-0.2, 0) is 10.2 Å². The van der Waals surface area contributed by atoms with Gasteiger partial charge in [0.25, 0.3) is 0 Å². The predicted molar refractivity (Wildman–Crippen MR) is 80.1 cm³/mol. The van der Waals surface area contributed by atoms with E-state index >= 15 is 0 Å². The van der Waals surface area contributed by atoms with E-state index in [1.54, 1.807) is 7.11 Å². The van der Waals surface area contributed by atoms with Gasteiger partial charge in [0.15, 0.2) is 5.82 Å². The highest BCUT2D eigenvalue weighted by molar-refractivity contribution is 7.09. The van der Waals surface area contributed by atoms with Crippen LogP contribution in [-0.4, -0.2) is 29.6 Å². The Hall–Kier alpha value is -0.680. The predicted octanol–water partition coefficient (Wildman–Crippen LogP) is 3.06. The number of aromatic nitrogens is 2. The number of ether oxygens (including phenoxy) is 1. The summed E-state index contributed by atoms with van der Waals surface area (Å²) in [6.45, 7) is 1.53. The van der Waals surface area contributed by atoms with Gasteiger partial charge in [-0.05, 0) is 56.3 Å². The van der Waals surface area contributed by atoms with Crippen molar-refractivity contribution in [3.8, 4) is 0 Å². The van der Waals surface area contributed by atoms with Gasteiger partial charge in [-0.3, -0.25) is 0 Å². The highest BCUT2D eigenvalue weighted by Crippen LogP contribution is 2.60. The second-order valence-corrected chi connectivity index (χ2v) is 7.79. The molecule has 110 valence electrons. The Labute approximate surface area is 124 Å². The highest BCUT2D eigenvalue weighted by atomic mass is 32.1. The number of anilines is 1. The largest absolute Gasteiger partial charge is 0.383 e. The number of nitrogens with one attached hydrogen (secondary N) is 1. The zero-order chi connectivity index (χ0) is 13.6. The van der Waals surface area contributed by atoms with Gasteiger partial charge in [0, 0.05) is 30.6 Å². The average molecular weight is 293 g/mol. The number of hydrogen-bond acceptors (Lipinski definition) is 5. The van der Waals surface area contributed by atoms with Gasteiger partial charge in [-0.15, -0.1) is 0 Å². The van der Waals surface area contributed by atoms with E-state index < -0.39 is 0 Å². The van der Waals surface area contributed by atoms with Crippen molar-refractivity contribution in [3.63, 3.8) is 0 Å². The molecule has 0 aromatic carbocycles. The van der Waals surface area contributed by atoms with Crippen LogP contribution in [0.1, 0.15) is 44.3 Å². The Bertz CT molecular complexity index is 452. The van der Waals surface area contributed by atoms with Crippen molar-refractivity contribution in [1.29, 1.82) is 0 Å². The second kappa shape index (κ2) is 4.95. The van der Waals surface area contributed by atoms with E-state index in [4.69, 9.17) is 14.1 Å². The minimum absolute atomic E-state index is 0.326. The van der Waals surface area contributed by atoms with Gasteiger partial charge < -0.3 is 10.1 Å². The molecule has 0 aliphatic heterocycles. The average Bonchev–Trinajstić information content (AvgIpc) is 2.87. The third-order valence-corrected chi connectivity index (χ3v) is 6.19. The standard InChI is InChI=1S/C15H23N3OS/c1-19-3-2-16-14-17-13(18-20-14)15-7-10-4-11(8-15)6-12(5-10)9-15/h10-12H,2-9H2,1H3,(H,16,17,18). The number of hydrogen-bond donors (Lipinski definition) is 1. The third kappa shape index (κ3) is 2.15. The first-order valence-electron chi connectivity index (χ1n) is 7.84. The molecule has 4 saturated carbocycles. The minimum atomic E-state index is 0.326. The lowest BCUT2D eigenvalue weighted by Crippen LogP contribution is -2.49. The second-order valence-electron chi connectivity index (χ2n) is 7.04. The Morgan fingerprint density at radius 2 is 1.85 bits per heavy atom. The molecule has 4 aliphatic carbocycles. The molecule has 4 nitrogen and oxygen atoms in total. The van der Waals surface area contributed by atoms with Gasteiger partial charge in [0.2, 0.25) is 5.13 Å². The van der Waals surface area contributed by atoms with Crippen molar-refractivity contribution < 1.29 is 4.74 Å². The Kier molecular flexibility index (Phi) is 3.22. The normalized spacial score (nSPS) is 38.4. The van der Waals surface area contributed by atoms with E-state index in [-0.39, 0.29) is 0 Å². The molecule has 4 fully saturated rings. The number of methoxy groups -OCH3 is 1. The first kappa shape index (κ1) is 13.0. The fourth-order valence-electron chi connectivity index (χ4n) is 5.16. The molecule has 1 aromatic rings. The molecule has 5 heteroatoms. The van der Waals surface area contributed by atoms with Gasteiger partial charge >= 0.3 is 0 Å². The summed E-state index contributed by atoms with van der Waals surface area (Å²) in [4.78, 5) is 4.81. The molecule has 0 unspecified atom stereocenters. The van der Waals surface area contributed by atoms with Crippen molar-refractivity contribution in [2.24, 2.45) is 17.8 Å². The first-order valence-corrected chi connectivity index (χ1v) is 8.62. The van der Waals surface area contributed by atoms with E-state index in [1.165, 1.54) is 50.1 Å². The summed E-state index contributed by atoms with van der Waals surface area (Å²) in [5, 5.41) is 4.28. The zero-order valence-corrected chi connectivity index (χ0v) is 12.9. The molecule has 0 amide bonds. The molecular weight excluding hydrogens is 270 g/mol. The van der Waals surface area contributed by atoms with Crippen LogP contribution in [0.25, 0.3) is 0 Å². The van der Waals surface area contributed by atoms with Gasteiger partial charge in [-0.2, -0.15) is 4.37 Å². The molecule has 1 heterocycles. The van der Waals surface area contributed by atoms with Gasteiger partial charge in [0.05, 0.1) is 6.61 Å². The van der Waals surface area contributed by atoms with Gasteiger partial charge in [-0.25, -0.2) is 4.98 Å². The van der Waals surface area contributed by atoms with E-state index in [0.29, 0.717) is 12.0 Å². The molecule has 1 aromatic heterocycles. The van der Waals surface area contributed by atoms with Crippen LogP contribution in [0.15, 0.2) is 0 Å². The van der Waals surface area contributed by atoms with E-state index in [0.717, 1.165) is 35.3 Å². The Balaban J connectivity index is 1.52. The van der Waals surface area contributed by atoms with E-state index in [2.05, 4.69) is 5.32 Å². The van der Waals surface area contributed by atoms with Crippen molar-refractivity contribution >= 4 is 16.7 Å². The van der Waals surface area contributed by atoms with Crippen LogP contribution < -0.4 is 5.32 Å². The molecule has 1 N–H and O–H groups in total. The number of rotatable bonds is 5. The molecule has 0 saturated heterocycles. The smallest absolute Gasteiger partial charge is 0.202 e. The van der Waals surface area contributed by atoms with Crippen LogP contribution in [0, 0.1) is 17.8 Å². The summed E-state index contributed by atoms with van der Waals surface area (Å²) < 4.78 is 9.78. The molecular formula is C15H23N3OS. The molecule has 4 bridgehead atoms. The number of nitrogens with zero attached hydrogens (tertiary/aromatic N) is 2. The van der Waals surface area contributed by atoms with Crippen LogP contribution in [0.4, 0.5) is 5.13 Å². The van der Waals surface area contributed by atoms with Gasteiger partial charge in [-0.1, -0.05) is 0 Å². The highest BCUT2D eigenvalue weighted by Gasteiger charge is 2.53. The van der Waals surface area contributed by atoms with Crippen molar-refractivity contribution in [2.45, 2.75) is 43.9 Å². The molecule has 0 spiro atoms. The van der Waals surface area contributed by atoms with Crippen molar-refractivity contribution in [3.05, 3.63) is 5.82 Å². The maximum absolute atomic E-state index is 5.06. The van der Waals surface area contributed by atoms with Crippen LogP contribution >= 0.6 is 11.5 Å². The SMILES string of the molecule is COCCNc1nc(C23CC4CC(CC(C4)C2)C3)ns1. The lowest BCUT2D eigenvalue weighted by Gasteiger charge is -2.55. The zero-order valence-electron chi connectivity index (χ0n) is 12.1. The minimum Gasteiger partial charge on any atom is -0.383 e. The van der Waals surface area contributed by atoms with Crippen LogP contribution in [0.3, 0.4) is 0 Å². The molecule has 0 atom stereocenters. The van der Waals surface area contributed by atoms with E-state index in [1.807, 2.05) is 0 Å². The summed E-state index contributed by atoms with van der Waals surface area (Å²) in [5.41, 5.74) is 0.326. The Morgan fingerprint density at radius 1 is 1.20 bits per heavy atom. The van der Waals surface area contributed by atoms with Gasteiger partial charge in [0.1, 0.15) is 0 Å². The Morgan fingerprint density at radius 3 is 2.45 bits per heavy atom. The summed E-state index contributed by atoms with van der Waals surface area (Å²) in [6, 6.07) is 0. The molecule has 0 radical (unpaired) electrons. The topological polar surface area (TPSA) is 47.0 Å². The maximum Gasteiger partial charge on any atom is 0.202 e. The monoisotopic (exact) mass is 293 g/mol. The van der Waals surface area contributed by atoms with Crippen molar-refractivity contribution in [1.82, 2.24) is 9.36 Å². The van der Waals surface area contributed by atoms with Crippen molar-refractivity contribution in [2.75, 3.05) is 25.6 Å². The lowest BCUT2D eigenvalue weighted by molar-refractivity contribution is -0.00880.